The zero-order valence-electron chi connectivity index (χ0n) is 11.6. The van der Waals surface area contributed by atoms with Gasteiger partial charge in [0.25, 0.3) is 0 Å². The van der Waals surface area contributed by atoms with Gasteiger partial charge in [-0.3, -0.25) is 0 Å². The number of aliphatic carboxylic acids is 1. The van der Waals surface area contributed by atoms with Crippen molar-refractivity contribution in [1.29, 1.82) is 0 Å². The second-order valence-corrected chi connectivity index (χ2v) is 4.83. The summed E-state index contributed by atoms with van der Waals surface area (Å²) in [4.78, 5) is 26.5. The smallest absolute Gasteiger partial charge is 0.328 e. The highest BCUT2D eigenvalue weighted by atomic mass is 16.4. The molecule has 0 bridgehead atoms. The molecular weight excluding hydrogens is 274 g/mol. The number of carboxylic acid groups (broad SMARTS) is 1. The Hall–Kier alpha value is -2.28. The number of aliphatic hydroxyl groups excluding tert-OH is 1. The van der Waals surface area contributed by atoms with Crippen LogP contribution in [-0.4, -0.2) is 65.9 Å². The van der Waals surface area contributed by atoms with E-state index in [9.17, 15) is 9.59 Å². The minimum absolute atomic E-state index is 0.454. The third-order valence-electron chi connectivity index (χ3n) is 3.47. The van der Waals surface area contributed by atoms with E-state index in [1.165, 1.54) is 0 Å². The van der Waals surface area contributed by atoms with Crippen LogP contribution in [0.15, 0.2) is 30.3 Å². The fourth-order valence-corrected chi connectivity index (χ4v) is 2.23. The average molecular weight is 293 g/mol. The number of nitrogens with one attached hydrogen (secondary N) is 1. The molecule has 7 nitrogen and oxygen atoms in total. The summed E-state index contributed by atoms with van der Waals surface area (Å²) in [5.74, 6) is -1.24. The summed E-state index contributed by atoms with van der Waals surface area (Å²) >= 11 is 0. The number of benzene rings is 1. The molecule has 1 aromatic rings. The summed E-state index contributed by atoms with van der Waals surface area (Å²) in [6.07, 6.45) is 0. The number of piperazine rings is 1. The number of para-hydroxylation sites is 1. The molecule has 1 saturated heterocycles. The third-order valence-corrected chi connectivity index (χ3v) is 3.47. The molecule has 1 atom stereocenters. The summed E-state index contributed by atoms with van der Waals surface area (Å²) in [5.41, 5.74) is 1.11. The maximum atomic E-state index is 11.9. The lowest BCUT2D eigenvalue weighted by Gasteiger charge is -2.36. The van der Waals surface area contributed by atoms with Gasteiger partial charge in [-0.2, -0.15) is 0 Å². The Labute approximate surface area is 122 Å². The van der Waals surface area contributed by atoms with E-state index >= 15 is 0 Å². The molecule has 0 spiro atoms. The van der Waals surface area contributed by atoms with Crippen LogP contribution in [-0.2, 0) is 4.79 Å². The standard InChI is InChI=1S/C14H19N3O4/c18-10-12(13(19)20)15-14(21)17-8-6-16(7-9-17)11-4-2-1-3-5-11/h1-5,12,18H,6-10H2,(H,15,21)(H,19,20)/t12-/m1/s1. The Kier molecular flexibility index (Phi) is 4.99. The van der Waals surface area contributed by atoms with E-state index in [-0.39, 0.29) is 0 Å². The Morgan fingerprint density at radius 1 is 1.14 bits per heavy atom. The van der Waals surface area contributed by atoms with Crippen LogP contribution in [0.4, 0.5) is 10.5 Å². The van der Waals surface area contributed by atoms with Crippen molar-refractivity contribution in [3.8, 4) is 0 Å². The Bertz CT molecular complexity index is 486. The fourth-order valence-electron chi connectivity index (χ4n) is 2.23. The summed E-state index contributed by atoms with van der Waals surface area (Å²) in [6, 6.07) is 8.20. The van der Waals surface area contributed by atoms with Gasteiger partial charge in [0, 0.05) is 31.9 Å². The molecule has 1 fully saturated rings. The van der Waals surface area contributed by atoms with Crippen molar-refractivity contribution in [1.82, 2.24) is 10.2 Å². The maximum Gasteiger partial charge on any atom is 0.328 e. The molecule has 1 aromatic carbocycles. The number of amides is 2. The molecule has 2 rings (SSSR count). The number of carbonyl (C=O) groups is 2. The van der Waals surface area contributed by atoms with Crippen molar-refractivity contribution in [2.24, 2.45) is 0 Å². The summed E-state index contributed by atoms with van der Waals surface area (Å²) in [5, 5.41) is 20.0. The van der Waals surface area contributed by atoms with Crippen molar-refractivity contribution in [2.45, 2.75) is 6.04 Å². The predicted molar refractivity (Wildman–Crippen MR) is 77.3 cm³/mol. The molecule has 0 aliphatic carbocycles. The van der Waals surface area contributed by atoms with Gasteiger partial charge in [-0.15, -0.1) is 0 Å². The summed E-state index contributed by atoms with van der Waals surface area (Å²) in [6.45, 7) is 1.78. The van der Waals surface area contributed by atoms with E-state index in [2.05, 4.69) is 10.2 Å². The Morgan fingerprint density at radius 3 is 2.29 bits per heavy atom. The van der Waals surface area contributed by atoms with Crippen molar-refractivity contribution < 1.29 is 19.8 Å². The van der Waals surface area contributed by atoms with E-state index in [4.69, 9.17) is 10.2 Å². The number of carbonyl (C=O) groups excluding carboxylic acids is 1. The van der Waals surface area contributed by atoms with Gasteiger partial charge >= 0.3 is 12.0 Å². The van der Waals surface area contributed by atoms with Crippen molar-refractivity contribution >= 4 is 17.7 Å². The second kappa shape index (κ2) is 6.94. The summed E-state index contributed by atoms with van der Waals surface area (Å²) in [7, 11) is 0. The largest absolute Gasteiger partial charge is 0.480 e. The molecule has 1 aliphatic rings. The van der Waals surface area contributed by atoms with Crippen LogP contribution in [0.1, 0.15) is 0 Å². The molecule has 2 amide bonds. The van der Waals surface area contributed by atoms with Crippen molar-refractivity contribution in [3.05, 3.63) is 30.3 Å². The van der Waals surface area contributed by atoms with Gasteiger partial charge in [0.15, 0.2) is 6.04 Å². The lowest BCUT2D eigenvalue weighted by Crippen LogP contribution is -2.55. The van der Waals surface area contributed by atoms with Gasteiger partial charge < -0.3 is 25.3 Å². The first-order chi connectivity index (χ1) is 10.1. The highest BCUT2D eigenvalue weighted by Gasteiger charge is 2.25. The molecule has 1 heterocycles. The van der Waals surface area contributed by atoms with Gasteiger partial charge in [-0.05, 0) is 12.1 Å². The van der Waals surface area contributed by atoms with E-state index in [0.717, 1.165) is 5.69 Å². The van der Waals surface area contributed by atoms with Crippen LogP contribution in [0.3, 0.4) is 0 Å². The lowest BCUT2D eigenvalue weighted by molar-refractivity contribution is -0.140. The highest BCUT2D eigenvalue weighted by Crippen LogP contribution is 2.15. The van der Waals surface area contributed by atoms with Crippen LogP contribution in [0, 0.1) is 0 Å². The van der Waals surface area contributed by atoms with Crippen LogP contribution in [0.2, 0.25) is 0 Å². The van der Waals surface area contributed by atoms with Crippen LogP contribution in [0.5, 0.6) is 0 Å². The van der Waals surface area contributed by atoms with Crippen LogP contribution < -0.4 is 10.2 Å². The predicted octanol–water partition coefficient (Wildman–Crippen LogP) is -0.0363. The summed E-state index contributed by atoms with van der Waals surface area (Å²) < 4.78 is 0. The van der Waals surface area contributed by atoms with Gasteiger partial charge in [-0.25, -0.2) is 9.59 Å². The van der Waals surface area contributed by atoms with Gasteiger partial charge in [0.05, 0.1) is 6.61 Å². The second-order valence-electron chi connectivity index (χ2n) is 4.83. The normalized spacial score (nSPS) is 16.4. The first-order valence-corrected chi connectivity index (χ1v) is 6.81. The zero-order chi connectivity index (χ0) is 15.2. The number of rotatable bonds is 4. The zero-order valence-corrected chi connectivity index (χ0v) is 11.6. The van der Waals surface area contributed by atoms with E-state index in [1.807, 2.05) is 30.3 Å². The number of hydrogen-bond acceptors (Lipinski definition) is 4. The Morgan fingerprint density at radius 2 is 1.76 bits per heavy atom. The number of aliphatic hydroxyl groups is 1. The molecule has 1 aliphatic heterocycles. The highest BCUT2D eigenvalue weighted by molar-refractivity contribution is 5.82. The number of anilines is 1. The first kappa shape index (κ1) is 15.1. The number of hydrogen-bond donors (Lipinski definition) is 3. The number of nitrogens with zero attached hydrogens (tertiary/aromatic N) is 2. The lowest BCUT2D eigenvalue weighted by atomic mass is 10.2. The monoisotopic (exact) mass is 293 g/mol. The van der Waals surface area contributed by atoms with E-state index < -0.39 is 24.6 Å². The average Bonchev–Trinajstić information content (AvgIpc) is 2.53. The molecular formula is C14H19N3O4. The van der Waals surface area contributed by atoms with E-state index in [0.29, 0.717) is 26.2 Å². The van der Waals surface area contributed by atoms with Gasteiger partial charge in [-0.1, -0.05) is 18.2 Å². The van der Waals surface area contributed by atoms with E-state index in [1.54, 1.807) is 4.90 Å². The van der Waals surface area contributed by atoms with Gasteiger partial charge in [0.2, 0.25) is 0 Å². The molecule has 7 heteroatoms. The minimum atomic E-state index is -1.26. The number of carboxylic acids is 1. The fraction of sp³-hybridized carbons (Fsp3) is 0.429. The van der Waals surface area contributed by atoms with Gasteiger partial charge in [0.1, 0.15) is 0 Å². The number of urea groups is 1. The molecule has 0 radical (unpaired) electrons. The Balaban J connectivity index is 1.86. The van der Waals surface area contributed by atoms with Crippen molar-refractivity contribution in [2.75, 3.05) is 37.7 Å². The maximum absolute atomic E-state index is 11.9. The minimum Gasteiger partial charge on any atom is -0.480 e. The molecule has 0 aromatic heterocycles. The third kappa shape index (κ3) is 3.85. The van der Waals surface area contributed by atoms with Crippen molar-refractivity contribution in [3.63, 3.8) is 0 Å². The molecule has 0 unspecified atom stereocenters. The molecule has 21 heavy (non-hydrogen) atoms. The molecule has 114 valence electrons. The molecule has 0 saturated carbocycles. The quantitative estimate of drug-likeness (QED) is 0.724. The van der Waals surface area contributed by atoms with Crippen LogP contribution >= 0.6 is 0 Å². The topological polar surface area (TPSA) is 93.1 Å². The SMILES string of the molecule is O=C(O)[C@@H](CO)NC(=O)N1CCN(c2ccccc2)CC1. The first-order valence-electron chi connectivity index (χ1n) is 6.81. The molecule has 3 N–H and O–H groups in total. The van der Waals surface area contributed by atoms with Crippen LogP contribution in [0.25, 0.3) is 0 Å².